The molecule has 0 bridgehead atoms. The van der Waals surface area contributed by atoms with Crippen LogP contribution in [0, 0.1) is 5.92 Å². The predicted molar refractivity (Wildman–Crippen MR) is 90.1 cm³/mol. The molecule has 0 saturated carbocycles. The number of rotatable bonds is 8. The van der Waals surface area contributed by atoms with E-state index in [1.54, 1.807) is 0 Å². The molecule has 24 heavy (non-hydrogen) atoms. The van der Waals surface area contributed by atoms with Crippen LogP contribution in [0.2, 0.25) is 0 Å². The van der Waals surface area contributed by atoms with Crippen molar-refractivity contribution < 1.29 is 22.7 Å². The second-order valence-corrected chi connectivity index (χ2v) is 7.64. The maximum atomic E-state index is 12.8. The normalized spacial score (nSPS) is 11.6. The third-order valence-electron chi connectivity index (χ3n) is 3.02. The molecular formula is C15H23N3O5S. The molecule has 0 aromatic heterocycles. The van der Waals surface area contributed by atoms with Crippen LogP contribution in [-0.4, -0.2) is 44.7 Å². The molecule has 0 radical (unpaired) electrons. The van der Waals surface area contributed by atoms with E-state index >= 15 is 0 Å². The quantitative estimate of drug-likeness (QED) is 0.713. The Morgan fingerprint density at radius 1 is 1.33 bits per heavy atom. The van der Waals surface area contributed by atoms with E-state index in [0.717, 1.165) is 4.31 Å². The van der Waals surface area contributed by atoms with E-state index in [9.17, 15) is 18.0 Å². The molecule has 1 aromatic carbocycles. The number of carbonyl (C=O) groups is 2. The largest absolute Gasteiger partial charge is 0.495 e. The minimum absolute atomic E-state index is 0.00666. The zero-order valence-electron chi connectivity index (χ0n) is 14.2. The number of ether oxygens (including phenoxy) is 1. The fourth-order valence-corrected chi connectivity index (χ4v) is 3.71. The first-order valence-corrected chi connectivity index (χ1v) is 8.76. The summed E-state index contributed by atoms with van der Waals surface area (Å²) in [5, 5.41) is 2.52. The summed E-state index contributed by atoms with van der Waals surface area (Å²) in [4.78, 5) is 22.4. The number of anilines is 1. The first-order valence-electron chi connectivity index (χ1n) is 7.32. The number of primary amides is 1. The van der Waals surface area contributed by atoms with Gasteiger partial charge in [-0.3, -0.25) is 9.59 Å². The van der Waals surface area contributed by atoms with Crippen molar-refractivity contribution in [3.8, 4) is 5.75 Å². The summed E-state index contributed by atoms with van der Waals surface area (Å²) in [6.07, 6.45) is 0. The van der Waals surface area contributed by atoms with Crippen molar-refractivity contribution in [2.45, 2.75) is 25.7 Å². The minimum atomic E-state index is -3.95. The van der Waals surface area contributed by atoms with Crippen LogP contribution in [-0.2, 0) is 19.6 Å². The van der Waals surface area contributed by atoms with Gasteiger partial charge in [-0.2, -0.15) is 4.31 Å². The Balaban J connectivity index is 3.33. The van der Waals surface area contributed by atoms with Crippen molar-refractivity contribution in [3.63, 3.8) is 0 Å². The Kier molecular flexibility index (Phi) is 6.73. The van der Waals surface area contributed by atoms with Gasteiger partial charge in [0.1, 0.15) is 5.75 Å². The molecule has 0 unspecified atom stereocenters. The lowest BCUT2D eigenvalue weighted by Crippen LogP contribution is -2.40. The highest BCUT2D eigenvalue weighted by Gasteiger charge is 2.27. The lowest BCUT2D eigenvalue weighted by atomic mass is 10.2. The highest BCUT2D eigenvalue weighted by molar-refractivity contribution is 7.89. The maximum Gasteiger partial charge on any atom is 0.243 e. The van der Waals surface area contributed by atoms with Crippen LogP contribution < -0.4 is 15.8 Å². The molecule has 0 saturated heterocycles. The second-order valence-electron chi connectivity index (χ2n) is 5.70. The monoisotopic (exact) mass is 357 g/mol. The van der Waals surface area contributed by atoms with Crippen molar-refractivity contribution in [1.82, 2.24) is 4.31 Å². The number of hydrogen-bond donors (Lipinski definition) is 2. The molecule has 1 rings (SSSR count). The maximum absolute atomic E-state index is 12.8. The molecule has 0 aliphatic carbocycles. The third-order valence-corrected chi connectivity index (χ3v) is 4.83. The number of nitrogens with two attached hydrogens (primary N) is 1. The molecule has 1 aromatic rings. The van der Waals surface area contributed by atoms with Crippen molar-refractivity contribution in [1.29, 1.82) is 0 Å². The number of nitrogens with zero attached hydrogens (tertiary/aromatic N) is 1. The minimum Gasteiger partial charge on any atom is -0.495 e. The molecule has 0 fully saturated rings. The average Bonchev–Trinajstić information content (AvgIpc) is 2.44. The molecule has 2 amide bonds. The first kappa shape index (κ1) is 19.9. The summed E-state index contributed by atoms with van der Waals surface area (Å²) in [7, 11) is -2.54. The lowest BCUT2D eigenvalue weighted by molar-refractivity contribution is -0.118. The van der Waals surface area contributed by atoms with E-state index in [4.69, 9.17) is 10.5 Å². The van der Waals surface area contributed by atoms with Gasteiger partial charge in [0.2, 0.25) is 21.8 Å². The molecule has 0 aliphatic rings. The number of methoxy groups -OCH3 is 1. The average molecular weight is 357 g/mol. The van der Waals surface area contributed by atoms with Gasteiger partial charge < -0.3 is 15.8 Å². The van der Waals surface area contributed by atoms with Crippen LogP contribution in [0.25, 0.3) is 0 Å². The van der Waals surface area contributed by atoms with Crippen LogP contribution in [0.15, 0.2) is 23.1 Å². The summed E-state index contributed by atoms with van der Waals surface area (Å²) >= 11 is 0. The summed E-state index contributed by atoms with van der Waals surface area (Å²) < 4.78 is 31.7. The Hall–Kier alpha value is -2.13. The van der Waals surface area contributed by atoms with E-state index in [1.165, 1.54) is 32.2 Å². The van der Waals surface area contributed by atoms with Gasteiger partial charge >= 0.3 is 0 Å². The third kappa shape index (κ3) is 5.20. The van der Waals surface area contributed by atoms with E-state index in [0.29, 0.717) is 5.75 Å². The molecule has 9 heteroatoms. The van der Waals surface area contributed by atoms with Crippen LogP contribution in [0.3, 0.4) is 0 Å². The zero-order valence-corrected chi connectivity index (χ0v) is 15.0. The lowest BCUT2D eigenvalue weighted by Gasteiger charge is -2.23. The molecular weight excluding hydrogens is 334 g/mol. The first-order chi connectivity index (χ1) is 11.1. The Morgan fingerprint density at radius 3 is 2.42 bits per heavy atom. The van der Waals surface area contributed by atoms with Crippen LogP contribution in [0.5, 0.6) is 5.75 Å². The summed E-state index contributed by atoms with van der Waals surface area (Å²) in [6.45, 7) is 4.70. The summed E-state index contributed by atoms with van der Waals surface area (Å²) in [5.41, 5.74) is 5.39. The predicted octanol–water partition coefficient (Wildman–Crippen LogP) is 0.786. The van der Waals surface area contributed by atoms with Gasteiger partial charge in [0.05, 0.1) is 24.2 Å². The SMILES string of the molecule is COc1ccc(S(=O)(=O)N(CC(N)=O)CC(C)C)cc1NC(C)=O. The topological polar surface area (TPSA) is 119 Å². The van der Waals surface area contributed by atoms with Gasteiger partial charge in [-0.25, -0.2) is 8.42 Å². The fraction of sp³-hybridized carbons (Fsp3) is 0.467. The highest BCUT2D eigenvalue weighted by atomic mass is 32.2. The zero-order chi connectivity index (χ0) is 18.5. The number of amides is 2. The van der Waals surface area contributed by atoms with Crippen molar-refractivity contribution in [2.24, 2.45) is 11.7 Å². The number of sulfonamides is 1. The molecule has 8 nitrogen and oxygen atoms in total. The Morgan fingerprint density at radius 2 is 1.96 bits per heavy atom. The van der Waals surface area contributed by atoms with Crippen molar-refractivity contribution in [3.05, 3.63) is 18.2 Å². The Labute approximate surface area is 142 Å². The van der Waals surface area contributed by atoms with E-state index in [-0.39, 0.29) is 29.0 Å². The van der Waals surface area contributed by atoms with E-state index in [2.05, 4.69) is 5.32 Å². The van der Waals surface area contributed by atoms with Gasteiger partial charge in [-0.15, -0.1) is 0 Å². The van der Waals surface area contributed by atoms with Crippen LogP contribution in [0.1, 0.15) is 20.8 Å². The number of nitrogens with one attached hydrogen (secondary N) is 1. The van der Waals surface area contributed by atoms with Crippen molar-refractivity contribution in [2.75, 3.05) is 25.5 Å². The van der Waals surface area contributed by atoms with E-state index < -0.39 is 22.5 Å². The molecule has 134 valence electrons. The summed E-state index contributed by atoms with van der Waals surface area (Å²) in [6, 6.07) is 4.09. The van der Waals surface area contributed by atoms with Gasteiger partial charge in [-0.1, -0.05) is 13.8 Å². The Bertz CT molecular complexity index is 716. The molecule has 0 atom stereocenters. The van der Waals surface area contributed by atoms with Crippen molar-refractivity contribution >= 4 is 27.5 Å². The van der Waals surface area contributed by atoms with Crippen LogP contribution >= 0.6 is 0 Å². The molecule has 0 heterocycles. The van der Waals surface area contributed by atoms with Gasteiger partial charge in [0.25, 0.3) is 0 Å². The fourth-order valence-electron chi connectivity index (χ4n) is 2.11. The highest BCUT2D eigenvalue weighted by Crippen LogP contribution is 2.29. The van der Waals surface area contributed by atoms with E-state index in [1.807, 2.05) is 13.8 Å². The molecule has 0 aliphatic heterocycles. The number of benzene rings is 1. The smallest absolute Gasteiger partial charge is 0.243 e. The van der Waals surface area contributed by atoms with Crippen LogP contribution in [0.4, 0.5) is 5.69 Å². The number of carbonyl (C=O) groups excluding carboxylic acids is 2. The standard InChI is InChI=1S/C15H23N3O5S/c1-10(2)8-18(9-15(16)20)24(21,22)12-5-6-14(23-4)13(7-12)17-11(3)19/h5-7,10H,8-9H2,1-4H3,(H2,16,20)(H,17,19). The van der Waals surface area contributed by atoms with Gasteiger partial charge in [0.15, 0.2) is 0 Å². The summed E-state index contributed by atoms with van der Waals surface area (Å²) in [5.74, 6) is -0.768. The van der Waals surface area contributed by atoms with Gasteiger partial charge in [0, 0.05) is 13.5 Å². The van der Waals surface area contributed by atoms with Gasteiger partial charge in [-0.05, 0) is 24.1 Å². The molecule has 0 spiro atoms. The second kappa shape index (κ2) is 8.11. The molecule has 3 N–H and O–H groups in total. The number of hydrogen-bond acceptors (Lipinski definition) is 5.